The standard InChI is InChI=1S/C10H13FN2/c1-6(2)7-3-8(5-12)10(13)9(11)4-7/h3-6,12H,13H2,1-2H3. The SMILES string of the molecule is CC(C)c1cc(F)c(N)c(C=N)c1. The Kier molecular flexibility index (Phi) is 2.66. The first kappa shape index (κ1) is 9.71. The molecule has 0 amide bonds. The molecular formula is C10H13FN2. The minimum absolute atomic E-state index is 0.0550. The predicted molar refractivity (Wildman–Crippen MR) is 52.8 cm³/mol. The fourth-order valence-corrected chi connectivity index (χ4v) is 1.11. The molecule has 3 N–H and O–H groups in total. The first-order valence-electron chi connectivity index (χ1n) is 4.15. The topological polar surface area (TPSA) is 49.9 Å². The summed E-state index contributed by atoms with van der Waals surface area (Å²) in [7, 11) is 0. The molecule has 1 aromatic rings. The molecule has 0 aromatic heterocycles. The maximum Gasteiger partial charge on any atom is 0.147 e. The van der Waals surface area contributed by atoms with E-state index in [2.05, 4.69) is 0 Å². The fraction of sp³-hybridized carbons (Fsp3) is 0.300. The van der Waals surface area contributed by atoms with Crippen molar-refractivity contribution in [3.05, 3.63) is 29.1 Å². The zero-order valence-corrected chi connectivity index (χ0v) is 7.76. The van der Waals surface area contributed by atoms with Gasteiger partial charge in [-0.15, -0.1) is 0 Å². The second kappa shape index (κ2) is 3.56. The summed E-state index contributed by atoms with van der Waals surface area (Å²) in [5, 5.41) is 7.05. The molecule has 0 bridgehead atoms. The summed E-state index contributed by atoms with van der Waals surface area (Å²) in [6, 6.07) is 3.17. The van der Waals surface area contributed by atoms with E-state index in [4.69, 9.17) is 11.1 Å². The lowest BCUT2D eigenvalue weighted by molar-refractivity contribution is 0.628. The van der Waals surface area contributed by atoms with Crippen molar-refractivity contribution < 1.29 is 4.39 Å². The van der Waals surface area contributed by atoms with Crippen molar-refractivity contribution in [3.63, 3.8) is 0 Å². The molecule has 0 saturated carbocycles. The highest BCUT2D eigenvalue weighted by Gasteiger charge is 2.08. The summed E-state index contributed by atoms with van der Waals surface area (Å²) < 4.78 is 13.2. The molecule has 13 heavy (non-hydrogen) atoms. The number of hydrogen-bond donors (Lipinski definition) is 2. The third kappa shape index (κ3) is 1.86. The summed E-state index contributed by atoms with van der Waals surface area (Å²) in [5.74, 6) is -0.196. The molecule has 1 rings (SSSR count). The van der Waals surface area contributed by atoms with Gasteiger partial charge in [0.15, 0.2) is 0 Å². The molecule has 0 fully saturated rings. The second-order valence-corrected chi connectivity index (χ2v) is 3.30. The Balaban J connectivity index is 3.30. The Morgan fingerprint density at radius 1 is 1.46 bits per heavy atom. The van der Waals surface area contributed by atoms with E-state index in [1.165, 1.54) is 6.07 Å². The van der Waals surface area contributed by atoms with Crippen LogP contribution in [0.1, 0.15) is 30.9 Å². The molecule has 0 saturated heterocycles. The minimum atomic E-state index is -0.440. The first-order valence-corrected chi connectivity index (χ1v) is 4.15. The average Bonchev–Trinajstić information content (AvgIpc) is 2.09. The van der Waals surface area contributed by atoms with Crippen LogP contribution in [0.2, 0.25) is 0 Å². The second-order valence-electron chi connectivity index (χ2n) is 3.30. The number of nitrogen functional groups attached to an aromatic ring is 1. The van der Waals surface area contributed by atoms with Crippen molar-refractivity contribution in [2.45, 2.75) is 19.8 Å². The van der Waals surface area contributed by atoms with Gasteiger partial charge in [0.2, 0.25) is 0 Å². The smallest absolute Gasteiger partial charge is 0.147 e. The summed E-state index contributed by atoms with van der Waals surface area (Å²) in [5.41, 5.74) is 6.80. The van der Waals surface area contributed by atoms with Gasteiger partial charge < -0.3 is 11.1 Å². The van der Waals surface area contributed by atoms with Gasteiger partial charge in [-0.1, -0.05) is 13.8 Å². The van der Waals surface area contributed by atoms with Gasteiger partial charge in [0, 0.05) is 11.8 Å². The molecule has 1 aromatic carbocycles. The minimum Gasteiger partial charge on any atom is -0.396 e. The molecule has 0 heterocycles. The van der Waals surface area contributed by atoms with Crippen LogP contribution in [0.15, 0.2) is 12.1 Å². The summed E-state index contributed by atoms with van der Waals surface area (Å²) in [4.78, 5) is 0. The molecule has 0 aliphatic heterocycles. The van der Waals surface area contributed by atoms with Crippen LogP contribution in [0.4, 0.5) is 10.1 Å². The summed E-state index contributed by atoms with van der Waals surface area (Å²) >= 11 is 0. The van der Waals surface area contributed by atoms with Gasteiger partial charge in [0.1, 0.15) is 5.82 Å². The molecule has 2 nitrogen and oxygen atoms in total. The number of nitrogens with one attached hydrogen (secondary N) is 1. The van der Waals surface area contributed by atoms with E-state index in [0.29, 0.717) is 5.56 Å². The molecule has 0 spiro atoms. The van der Waals surface area contributed by atoms with E-state index >= 15 is 0 Å². The highest BCUT2D eigenvalue weighted by molar-refractivity contribution is 5.85. The van der Waals surface area contributed by atoms with E-state index in [0.717, 1.165) is 11.8 Å². The normalized spacial score (nSPS) is 10.5. The van der Waals surface area contributed by atoms with Gasteiger partial charge >= 0.3 is 0 Å². The Bertz CT molecular complexity index is 332. The first-order chi connectivity index (χ1) is 6.06. The van der Waals surface area contributed by atoms with Gasteiger partial charge in [-0.05, 0) is 23.6 Å². The summed E-state index contributed by atoms with van der Waals surface area (Å²) in [6.45, 7) is 3.94. The van der Waals surface area contributed by atoms with Crippen LogP contribution in [0.5, 0.6) is 0 Å². The lowest BCUT2D eigenvalue weighted by atomic mass is 10.00. The van der Waals surface area contributed by atoms with E-state index in [9.17, 15) is 4.39 Å². The Morgan fingerprint density at radius 3 is 2.54 bits per heavy atom. The van der Waals surface area contributed by atoms with E-state index < -0.39 is 5.82 Å². The molecule has 0 unspecified atom stereocenters. The van der Waals surface area contributed by atoms with E-state index in [1.807, 2.05) is 13.8 Å². The summed E-state index contributed by atoms with van der Waals surface area (Å²) in [6.07, 6.45) is 1.07. The Morgan fingerprint density at radius 2 is 2.08 bits per heavy atom. The van der Waals surface area contributed by atoms with Crippen molar-refractivity contribution in [1.29, 1.82) is 5.41 Å². The van der Waals surface area contributed by atoms with Crippen molar-refractivity contribution in [3.8, 4) is 0 Å². The van der Waals surface area contributed by atoms with Gasteiger partial charge in [-0.2, -0.15) is 0 Å². The average molecular weight is 180 g/mol. The molecule has 0 radical (unpaired) electrons. The maximum atomic E-state index is 13.2. The largest absolute Gasteiger partial charge is 0.396 e. The zero-order valence-electron chi connectivity index (χ0n) is 7.76. The maximum absolute atomic E-state index is 13.2. The van der Waals surface area contributed by atoms with Crippen molar-refractivity contribution >= 4 is 11.9 Å². The molecule has 0 atom stereocenters. The van der Waals surface area contributed by atoms with E-state index in [1.54, 1.807) is 6.07 Å². The quantitative estimate of drug-likeness (QED) is 0.533. The number of nitrogens with two attached hydrogens (primary N) is 1. The van der Waals surface area contributed by atoms with Crippen LogP contribution in [-0.2, 0) is 0 Å². The van der Waals surface area contributed by atoms with Crippen LogP contribution in [0.3, 0.4) is 0 Å². The van der Waals surface area contributed by atoms with Crippen molar-refractivity contribution in [2.24, 2.45) is 0 Å². The van der Waals surface area contributed by atoms with Gasteiger partial charge in [-0.25, -0.2) is 4.39 Å². The third-order valence-corrected chi connectivity index (χ3v) is 2.01. The molecule has 0 aliphatic carbocycles. The number of hydrogen-bond acceptors (Lipinski definition) is 2. The van der Waals surface area contributed by atoms with E-state index in [-0.39, 0.29) is 11.6 Å². The number of anilines is 1. The highest BCUT2D eigenvalue weighted by Crippen LogP contribution is 2.22. The Hall–Kier alpha value is -1.38. The molecular weight excluding hydrogens is 167 g/mol. The van der Waals surface area contributed by atoms with Crippen LogP contribution in [0.25, 0.3) is 0 Å². The van der Waals surface area contributed by atoms with Gasteiger partial charge in [0.05, 0.1) is 5.69 Å². The highest BCUT2D eigenvalue weighted by atomic mass is 19.1. The predicted octanol–water partition coefficient (Wildman–Crippen LogP) is 2.53. The molecule has 70 valence electrons. The lowest BCUT2D eigenvalue weighted by Crippen LogP contribution is -2.00. The van der Waals surface area contributed by atoms with Crippen LogP contribution < -0.4 is 5.73 Å². The van der Waals surface area contributed by atoms with Crippen LogP contribution >= 0.6 is 0 Å². The van der Waals surface area contributed by atoms with Crippen LogP contribution in [0, 0.1) is 11.2 Å². The zero-order chi connectivity index (χ0) is 10.0. The van der Waals surface area contributed by atoms with Crippen molar-refractivity contribution in [2.75, 3.05) is 5.73 Å². The van der Waals surface area contributed by atoms with Crippen molar-refractivity contribution in [1.82, 2.24) is 0 Å². The lowest BCUT2D eigenvalue weighted by Gasteiger charge is -2.08. The third-order valence-electron chi connectivity index (χ3n) is 2.01. The molecule has 0 aliphatic rings. The number of rotatable bonds is 2. The van der Waals surface area contributed by atoms with Gasteiger partial charge in [0.25, 0.3) is 0 Å². The van der Waals surface area contributed by atoms with Gasteiger partial charge in [-0.3, -0.25) is 0 Å². The number of benzene rings is 1. The van der Waals surface area contributed by atoms with Crippen LogP contribution in [-0.4, -0.2) is 6.21 Å². The monoisotopic (exact) mass is 180 g/mol. The molecule has 3 heteroatoms. The fourth-order valence-electron chi connectivity index (χ4n) is 1.11. The number of halogens is 1. The Labute approximate surface area is 77.1 Å².